The summed E-state index contributed by atoms with van der Waals surface area (Å²) in [5.41, 5.74) is 0.677. The molecule has 5 nitrogen and oxygen atoms in total. The molecule has 1 saturated heterocycles. The van der Waals surface area contributed by atoms with Crippen molar-refractivity contribution in [1.82, 2.24) is 15.5 Å². The van der Waals surface area contributed by atoms with Gasteiger partial charge in [0.15, 0.2) is 0 Å². The van der Waals surface area contributed by atoms with E-state index in [0.29, 0.717) is 24.4 Å². The third-order valence-electron chi connectivity index (χ3n) is 6.82. The quantitative estimate of drug-likeness (QED) is 0.707. The van der Waals surface area contributed by atoms with Gasteiger partial charge in [0.1, 0.15) is 0 Å². The molecule has 2 aromatic rings. The molecule has 2 amide bonds. The summed E-state index contributed by atoms with van der Waals surface area (Å²) in [7, 11) is 0. The van der Waals surface area contributed by atoms with Crippen LogP contribution in [0.15, 0.2) is 42.5 Å². The van der Waals surface area contributed by atoms with Crippen LogP contribution in [0.4, 0.5) is 0 Å². The molecule has 2 N–H and O–H groups in total. The Labute approximate surface area is 185 Å². The van der Waals surface area contributed by atoms with Crippen LogP contribution < -0.4 is 10.6 Å². The summed E-state index contributed by atoms with van der Waals surface area (Å²) in [6, 6.07) is 13.8. The molecule has 0 bridgehead atoms. The molecular formula is C26H35N3O2. The Morgan fingerprint density at radius 2 is 1.81 bits per heavy atom. The molecular weight excluding hydrogens is 386 g/mol. The number of likely N-dealkylation sites (tertiary alicyclic amines) is 1. The van der Waals surface area contributed by atoms with Crippen molar-refractivity contribution in [3.8, 4) is 0 Å². The number of carbonyl (C=O) groups excluding carboxylic acids is 2. The molecule has 1 aliphatic heterocycles. The molecule has 5 heteroatoms. The Bertz CT molecular complexity index is 906. The highest BCUT2D eigenvalue weighted by Crippen LogP contribution is 2.28. The molecule has 2 aromatic carbocycles. The molecule has 166 valence electrons. The smallest absolute Gasteiger partial charge is 0.251 e. The molecule has 2 fully saturated rings. The normalized spacial score (nSPS) is 22.5. The second-order valence-corrected chi connectivity index (χ2v) is 9.23. The molecule has 1 heterocycles. The molecule has 0 aromatic heterocycles. The topological polar surface area (TPSA) is 61.4 Å². The predicted molar refractivity (Wildman–Crippen MR) is 125 cm³/mol. The molecule has 0 radical (unpaired) electrons. The van der Waals surface area contributed by atoms with Gasteiger partial charge < -0.3 is 10.6 Å². The van der Waals surface area contributed by atoms with Gasteiger partial charge in [-0.2, -0.15) is 0 Å². The average Bonchev–Trinajstić information content (AvgIpc) is 3.19. The fourth-order valence-corrected chi connectivity index (χ4v) is 5.15. The zero-order valence-electron chi connectivity index (χ0n) is 18.6. The number of nitrogens with zero attached hydrogens (tertiary/aromatic N) is 1. The minimum Gasteiger partial charge on any atom is -0.355 e. The van der Waals surface area contributed by atoms with Crippen LogP contribution in [-0.2, 0) is 4.79 Å². The SMILES string of the molecule is CCCNC(=O)C1CC(NC(=O)c2ccc3ccccc3c2)CN1CC1CCCCC1. The molecule has 2 unspecified atom stereocenters. The minimum atomic E-state index is -0.143. The number of benzene rings is 2. The summed E-state index contributed by atoms with van der Waals surface area (Å²) in [4.78, 5) is 28.1. The van der Waals surface area contributed by atoms with E-state index >= 15 is 0 Å². The Balaban J connectivity index is 1.42. The summed E-state index contributed by atoms with van der Waals surface area (Å²) in [6.07, 6.45) is 8.06. The number of nitrogens with one attached hydrogen (secondary N) is 2. The Morgan fingerprint density at radius 3 is 2.58 bits per heavy atom. The monoisotopic (exact) mass is 421 g/mol. The molecule has 2 atom stereocenters. The van der Waals surface area contributed by atoms with Crippen molar-refractivity contribution in [3.63, 3.8) is 0 Å². The van der Waals surface area contributed by atoms with Crippen molar-refractivity contribution in [3.05, 3.63) is 48.0 Å². The van der Waals surface area contributed by atoms with Crippen molar-refractivity contribution in [2.24, 2.45) is 5.92 Å². The summed E-state index contributed by atoms with van der Waals surface area (Å²) in [6.45, 7) is 4.49. The molecule has 1 aliphatic carbocycles. The zero-order chi connectivity index (χ0) is 21.6. The predicted octanol–water partition coefficient (Wildman–Crippen LogP) is 4.12. The first kappa shape index (κ1) is 21.8. The van der Waals surface area contributed by atoms with Gasteiger partial charge in [0, 0.05) is 31.2 Å². The second kappa shape index (κ2) is 10.3. The fourth-order valence-electron chi connectivity index (χ4n) is 5.15. The maximum absolute atomic E-state index is 13.0. The third kappa shape index (κ3) is 5.45. The van der Waals surface area contributed by atoms with Crippen LogP contribution in [0, 0.1) is 5.92 Å². The first-order valence-electron chi connectivity index (χ1n) is 12.0. The molecule has 31 heavy (non-hydrogen) atoms. The van der Waals surface area contributed by atoms with E-state index in [2.05, 4.69) is 28.5 Å². The summed E-state index contributed by atoms with van der Waals surface area (Å²) < 4.78 is 0. The summed E-state index contributed by atoms with van der Waals surface area (Å²) >= 11 is 0. The number of fused-ring (bicyclic) bond motifs is 1. The standard InChI is InChI=1S/C26H35N3O2/c1-2-14-27-26(31)24-16-23(18-29(24)17-19-8-4-3-5-9-19)28-25(30)22-13-12-20-10-6-7-11-21(20)15-22/h6-7,10-13,15,19,23-24H,2-5,8-9,14,16-18H2,1H3,(H,27,31)(H,28,30). The van der Waals surface area contributed by atoms with Crippen LogP contribution in [-0.4, -0.2) is 48.4 Å². The van der Waals surface area contributed by atoms with Gasteiger partial charge >= 0.3 is 0 Å². The van der Waals surface area contributed by atoms with Gasteiger partial charge in [0.2, 0.25) is 5.91 Å². The third-order valence-corrected chi connectivity index (χ3v) is 6.82. The zero-order valence-corrected chi connectivity index (χ0v) is 18.6. The molecule has 0 spiro atoms. The van der Waals surface area contributed by atoms with Gasteiger partial charge in [-0.05, 0) is 54.5 Å². The average molecular weight is 422 g/mol. The van der Waals surface area contributed by atoms with Crippen LogP contribution in [0.3, 0.4) is 0 Å². The van der Waals surface area contributed by atoms with Crippen molar-refractivity contribution in [1.29, 1.82) is 0 Å². The first-order chi connectivity index (χ1) is 15.1. The molecule has 1 saturated carbocycles. The van der Waals surface area contributed by atoms with Gasteiger partial charge in [0.05, 0.1) is 6.04 Å². The number of carbonyl (C=O) groups is 2. The second-order valence-electron chi connectivity index (χ2n) is 9.23. The highest BCUT2D eigenvalue weighted by atomic mass is 16.2. The lowest BCUT2D eigenvalue weighted by Gasteiger charge is -2.30. The fraction of sp³-hybridized carbons (Fsp3) is 0.538. The Kier molecular flexibility index (Phi) is 7.23. The van der Waals surface area contributed by atoms with Crippen molar-refractivity contribution < 1.29 is 9.59 Å². The highest BCUT2D eigenvalue weighted by molar-refractivity contribution is 5.98. The van der Waals surface area contributed by atoms with Gasteiger partial charge in [0.25, 0.3) is 5.91 Å². The van der Waals surface area contributed by atoms with Crippen LogP contribution in [0.5, 0.6) is 0 Å². The van der Waals surface area contributed by atoms with Gasteiger partial charge in [-0.1, -0.05) is 56.5 Å². The van der Waals surface area contributed by atoms with E-state index in [1.807, 2.05) is 36.4 Å². The maximum Gasteiger partial charge on any atom is 0.251 e. The summed E-state index contributed by atoms with van der Waals surface area (Å²) in [5, 5.41) is 8.48. The first-order valence-corrected chi connectivity index (χ1v) is 12.0. The number of amides is 2. The van der Waals surface area contributed by atoms with E-state index in [-0.39, 0.29) is 23.9 Å². The van der Waals surface area contributed by atoms with E-state index in [1.54, 1.807) is 0 Å². The van der Waals surface area contributed by atoms with E-state index in [4.69, 9.17) is 0 Å². The number of hydrogen-bond donors (Lipinski definition) is 2. The number of hydrogen-bond acceptors (Lipinski definition) is 3. The van der Waals surface area contributed by atoms with Crippen LogP contribution >= 0.6 is 0 Å². The van der Waals surface area contributed by atoms with Crippen molar-refractivity contribution in [2.45, 2.75) is 64.0 Å². The van der Waals surface area contributed by atoms with Crippen molar-refractivity contribution >= 4 is 22.6 Å². The van der Waals surface area contributed by atoms with E-state index < -0.39 is 0 Å². The van der Waals surface area contributed by atoms with E-state index in [9.17, 15) is 9.59 Å². The van der Waals surface area contributed by atoms with E-state index in [0.717, 1.165) is 30.3 Å². The van der Waals surface area contributed by atoms with Crippen molar-refractivity contribution in [2.75, 3.05) is 19.6 Å². The number of rotatable bonds is 7. The van der Waals surface area contributed by atoms with Crippen LogP contribution in [0.25, 0.3) is 10.8 Å². The highest BCUT2D eigenvalue weighted by Gasteiger charge is 2.38. The van der Waals surface area contributed by atoms with E-state index in [1.165, 1.54) is 32.1 Å². The lowest BCUT2D eigenvalue weighted by Crippen LogP contribution is -2.45. The Morgan fingerprint density at radius 1 is 1.03 bits per heavy atom. The van der Waals surface area contributed by atoms with Gasteiger partial charge in [-0.15, -0.1) is 0 Å². The minimum absolute atomic E-state index is 0.0000580. The summed E-state index contributed by atoms with van der Waals surface area (Å²) in [5.74, 6) is 0.730. The Hall–Kier alpha value is -2.40. The lowest BCUT2D eigenvalue weighted by atomic mass is 9.89. The van der Waals surface area contributed by atoms with Gasteiger partial charge in [-0.3, -0.25) is 14.5 Å². The largest absolute Gasteiger partial charge is 0.355 e. The maximum atomic E-state index is 13.0. The van der Waals surface area contributed by atoms with Gasteiger partial charge in [-0.25, -0.2) is 0 Å². The molecule has 2 aliphatic rings. The lowest BCUT2D eigenvalue weighted by molar-refractivity contribution is -0.125. The van der Waals surface area contributed by atoms with Crippen LogP contribution in [0.1, 0.15) is 62.2 Å². The van der Waals surface area contributed by atoms with Crippen LogP contribution in [0.2, 0.25) is 0 Å². The molecule has 4 rings (SSSR count).